The van der Waals surface area contributed by atoms with Crippen LogP contribution in [-0.2, 0) is 19.1 Å². The van der Waals surface area contributed by atoms with Gasteiger partial charge in [-0.05, 0) is 24.5 Å². The first kappa shape index (κ1) is 20.6. The van der Waals surface area contributed by atoms with Gasteiger partial charge in [-0.2, -0.15) is 0 Å². The molecule has 4 N–H and O–H groups in total. The van der Waals surface area contributed by atoms with Crippen molar-refractivity contribution in [2.75, 3.05) is 13.1 Å². The zero-order valence-corrected chi connectivity index (χ0v) is 15.1. The quantitative estimate of drug-likeness (QED) is 0.441. The zero-order valence-electron chi connectivity index (χ0n) is 15.1. The summed E-state index contributed by atoms with van der Waals surface area (Å²) in [7, 11) is 0. The number of nitrogens with two attached hydrogens (primary N) is 1. The topological polar surface area (TPSA) is 141 Å². The van der Waals surface area contributed by atoms with Gasteiger partial charge in [-0.3, -0.25) is 9.59 Å². The molecule has 1 heterocycles. The normalized spacial score (nSPS) is 15.6. The van der Waals surface area contributed by atoms with Gasteiger partial charge in [0.25, 0.3) is 0 Å². The van der Waals surface area contributed by atoms with Gasteiger partial charge in [0.1, 0.15) is 6.54 Å². The van der Waals surface area contributed by atoms with E-state index in [9.17, 15) is 19.2 Å². The van der Waals surface area contributed by atoms with E-state index in [2.05, 4.69) is 15.4 Å². The molecule has 0 aromatic carbocycles. The Balaban J connectivity index is 1.61. The van der Waals surface area contributed by atoms with Crippen LogP contribution < -0.4 is 16.4 Å². The Bertz CT molecular complexity index is 652. The molecule has 0 saturated heterocycles. The Kier molecular flexibility index (Phi) is 8.00. The lowest BCUT2D eigenvalue weighted by Gasteiger charge is -2.24. The van der Waals surface area contributed by atoms with Gasteiger partial charge in [-0.25, -0.2) is 9.59 Å². The second-order valence-electron chi connectivity index (χ2n) is 6.58. The standard InChI is InChI=1S/C18H25N3O6/c19-13(9-12-5-2-1-3-6-12)17(24)21-10-15(22)20-11-16(23)27-18(25)14-7-4-8-26-14/h4,7-8,12-13H,1-3,5-6,9-11,19H2,(H,20,22)(H,21,24)/t13-/m0/s1. The first-order chi connectivity index (χ1) is 13.0. The summed E-state index contributed by atoms with van der Waals surface area (Å²) < 4.78 is 9.29. The van der Waals surface area contributed by atoms with Crippen LogP contribution in [0.2, 0.25) is 0 Å². The number of nitrogens with one attached hydrogen (secondary N) is 2. The van der Waals surface area contributed by atoms with Crippen LogP contribution >= 0.6 is 0 Å². The van der Waals surface area contributed by atoms with E-state index in [1.807, 2.05) is 0 Å². The molecule has 2 amide bonds. The van der Waals surface area contributed by atoms with E-state index in [0.717, 1.165) is 12.8 Å². The third-order valence-electron chi connectivity index (χ3n) is 4.43. The fourth-order valence-electron chi connectivity index (χ4n) is 3.01. The van der Waals surface area contributed by atoms with Crippen molar-refractivity contribution in [2.24, 2.45) is 11.7 Å². The van der Waals surface area contributed by atoms with Crippen molar-refractivity contribution in [1.29, 1.82) is 0 Å². The lowest BCUT2D eigenvalue weighted by atomic mass is 9.85. The molecule has 148 valence electrons. The molecule has 1 aromatic rings. The van der Waals surface area contributed by atoms with Crippen molar-refractivity contribution in [2.45, 2.75) is 44.6 Å². The molecule has 0 aliphatic heterocycles. The van der Waals surface area contributed by atoms with Crippen LogP contribution in [0.5, 0.6) is 0 Å². The highest BCUT2D eigenvalue weighted by atomic mass is 16.6. The molecule has 0 unspecified atom stereocenters. The number of carbonyl (C=O) groups excluding carboxylic acids is 4. The molecule has 1 aromatic heterocycles. The summed E-state index contributed by atoms with van der Waals surface area (Å²) in [5, 5.41) is 4.71. The van der Waals surface area contributed by atoms with Gasteiger partial charge in [0.05, 0.1) is 18.8 Å². The van der Waals surface area contributed by atoms with Crippen molar-refractivity contribution in [1.82, 2.24) is 10.6 Å². The summed E-state index contributed by atoms with van der Waals surface area (Å²) in [5.41, 5.74) is 5.89. The summed E-state index contributed by atoms with van der Waals surface area (Å²) in [4.78, 5) is 46.7. The number of ether oxygens (including phenoxy) is 1. The van der Waals surface area contributed by atoms with E-state index in [1.165, 1.54) is 37.7 Å². The maximum absolute atomic E-state index is 12.0. The maximum atomic E-state index is 12.0. The van der Waals surface area contributed by atoms with Crippen molar-refractivity contribution < 1.29 is 28.3 Å². The second-order valence-corrected chi connectivity index (χ2v) is 6.58. The predicted molar refractivity (Wildman–Crippen MR) is 94.3 cm³/mol. The number of hydrogen-bond donors (Lipinski definition) is 3. The number of carbonyl (C=O) groups is 4. The average Bonchev–Trinajstić information content (AvgIpc) is 3.20. The van der Waals surface area contributed by atoms with E-state index in [1.54, 1.807) is 0 Å². The lowest BCUT2D eigenvalue weighted by Crippen LogP contribution is -2.46. The molecule has 9 heteroatoms. The molecular formula is C18H25N3O6. The molecule has 0 bridgehead atoms. The second kappa shape index (κ2) is 10.5. The lowest BCUT2D eigenvalue weighted by molar-refractivity contribution is -0.138. The minimum Gasteiger partial charge on any atom is -0.457 e. The van der Waals surface area contributed by atoms with Crippen LogP contribution in [0.25, 0.3) is 0 Å². The summed E-state index contributed by atoms with van der Waals surface area (Å²) in [5.74, 6) is -2.53. The van der Waals surface area contributed by atoms with Gasteiger partial charge in [0, 0.05) is 0 Å². The monoisotopic (exact) mass is 379 g/mol. The van der Waals surface area contributed by atoms with Crippen molar-refractivity contribution in [3.63, 3.8) is 0 Å². The third kappa shape index (κ3) is 7.22. The fraction of sp³-hybridized carbons (Fsp3) is 0.556. The minimum atomic E-state index is -0.943. The summed E-state index contributed by atoms with van der Waals surface area (Å²) in [6, 6.07) is 2.17. The highest BCUT2D eigenvalue weighted by molar-refractivity contribution is 5.96. The largest absolute Gasteiger partial charge is 0.457 e. The summed E-state index contributed by atoms with van der Waals surface area (Å²) >= 11 is 0. The number of rotatable bonds is 8. The van der Waals surface area contributed by atoms with Crippen molar-refractivity contribution in [3.8, 4) is 0 Å². The van der Waals surface area contributed by atoms with Gasteiger partial charge in [-0.15, -0.1) is 0 Å². The molecular weight excluding hydrogens is 354 g/mol. The highest BCUT2D eigenvalue weighted by Gasteiger charge is 2.22. The Morgan fingerprint density at radius 2 is 1.89 bits per heavy atom. The Morgan fingerprint density at radius 3 is 2.56 bits per heavy atom. The van der Waals surface area contributed by atoms with Gasteiger partial charge >= 0.3 is 11.9 Å². The van der Waals surface area contributed by atoms with E-state index >= 15 is 0 Å². The van der Waals surface area contributed by atoms with Gasteiger partial charge in [0.15, 0.2) is 0 Å². The Labute approximate surface area is 157 Å². The molecule has 1 aliphatic rings. The summed E-state index contributed by atoms with van der Waals surface area (Å²) in [6.07, 6.45) is 7.60. The van der Waals surface area contributed by atoms with Crippen LogP contribution in [0.4, 0.5) is 0 Å². The predicted octanol–water partition coefficient (Wildman–Crippen LogP) is 0.493. The number of amides is 2. The summed E-state index contributed by atoms with van der Waals surface area (Å²) in [6.45, 7) is -0.814. The van der Waals surface area contributed by atoms with Crippen LogP contribution in [0, 0.1) is 5.92 Å². The Morgan fingerprint density at radius 1 is 1.15 bits per heavy atom. The number of esters is 2. The average molecular weight is 379 g/mol. The van der Waals surface area contributed by atoms with Crippen LogP contribution in [0.3, 0.4) is 0 Å². The van der Waals surface area contributed by atoms with E-state index in [-0.39, 0.29) is 12.3 Å². The van der Waals surface area contributed by atoms with E-state index in [4.69, 9.17) is 10.2 Å². The smallest absolute Gasteiger partial charge is 0.381 e. The minimum absolute atomic E-state index is 0.117. The van der Waals surface area contributed by atoms with Crippen molar-refractivity contribution in [3.05, 3.63) is 24.2 Å². The van der Waals surface area contributed by atoms with Crippen LogP contribution in [0.1, 0.15) is 49.1 Å². The number of furan rings is 1. The van der Waals surface area contributed by atoms with Gasteiger partial charge in [-0.1, -0.05) is 32.1 Å². The van der Waals surface area contributed by atoms with E-state index in [0.29, 0.717) is 12.3 Å². The molecule has 27 heavy (non-hydrogen) atoms. The molecule has 1 atom stereocenters. The molecule has 0 spiro atoms. The highest BCUT2D eigenvalue weighted by Crippen LogP contribution is 2.26. The molecule has 2 rings (SSSR count). The SMILES string of the molecule is N[C@@H](CC1CCCCC1)C(=O)NCC(=O)NCC(=O)OC(=O)c1ccco1. The van der Waals surface area contributed by atoms with E-state index < -0.39 is 36.3 Å². The molecule has 1 aliphatic carbocycles. The number of hydrogen-bond acceptors (Lipinski definition) is 7. The van der Waals surface area contributed by atoms with Crippen LogP contribution in [0.15, 0.2) is 22.8 Å². The molecule has 0 radical (unpaired) electrons. The molecule has 9 nitrogen and oxygen atoms in total. The molecule has 1 saturated carbocycles. The van der Waals surface area contributed by atoms with Gasteiger partial charge < -0.3 is 25.5 Å². The first-order valence-corrected chi connectivity index (χ1v) is 9.04. The van der Waals surface area contributed by atoms with Crippen molar-refractivity contribution >= 4 is 23.8 Å². The zero-order chi connectivity index (χ0) is 19.6. The van der Waals surface area contributed by atoms with Crippen LogP contribution in [-0.4, -0.2) is 42.9 Å². The fourth-order valence-corrected chi connectivity index (χ4v) is 3.01. The third-order valence-corrected chi connectivity index (χ3v) is 4.43. The maximum Gasteiger partial charge on any atom is 0.381 e. The molecule has 1 fully saturated rings. The Hall–Kier alpha value is -2.68. The first-order valence-electron chi connectivity index (χ1n) is 9.04. The van der Waals surface area contributed by atoms with Gasteiger partial charge in [0.2, 0.25) is 17.6 Å².